The molecule has 0 bridgehead atoms. The minimum absolute atomic E-state index is 0.550. The van der Waals surface area contributed by atoms with Gasteiger partial charge < -0.3 is 9.73 Å². The predicted octanol–water partition coefficient (Wildman–Crippen LogP) is 3.37. The molecule has 0 fully saturated rings. The Morgan fingerprint density at radius 2 is 1.95 bits per heavy atom. The lowest BCUT2D eigenvalue weighted by atomic mass is 10.0. The first-order valence-electron chi connectivity index (χ1n) is 7.51. The molecule has 0 radical (unpaired) electrons. The lowest BCUT2D eigenvalue weighted by Crippen LogP contribution is -2.45. The van der Waals surface area contributed by atoms with Crippen LogP contribution in [0.5, 0.6) is 0 Å². The van der Waals surface area contributed by atoms with Gasteiger partial charge in [-0.05, 0) is 37.1 Å². The second-order valence-corrected chi connectivity index (χ2v) is 6.01. The fraction of sp³-hybridized carbons (Fsp3) is 0.750. The fourth-order valence-corrected chi connectivity index (χ4v) is 2.37. The predicted molar refractivity (Wildman–Crippen MR) is 81.1 cm³/mol. The third kappa shape index (κ3) is 5.79. The van der Waals surface area contributed by atoms with Crippen LogP contribution in [0.2, 0.25) is 0 Å². The highest BCUT2D eigenvalue weighted by atomic mass is 16.3. The molecule has 1 rings (SSSR count). The number of furan rings is 1. The van der Waals surface area contributed by atoms with Gasteiger partial charge in [-0.1, -0.05) is 34.6 Å². The summed E-state index contributed by atoms with van der Waals surface area (Å²) < 4.78 is 5.48. The van der Waals surface area contributed by atoms with Crippen LogP contribution in [0.1, 0.15) is 40.4 Å². The van der Waals surface area contributed by atoms with Crippen molar-refractivity contribution in [2.75, 3.05) is 19.6 Å². The zero-order valence-electron chi connectivity index (χ0n) is 13.1. The van der Waals surface area contributed by atoms with E-state index in [1.807, 2.05) is 6.07 Å². The minimum atomic E-state index is 0.550. The van der Waals surface area contributed by atoms with Gasteiger partial charge in [0.05, 0.1) is 12.8 Å². The van der Waals surface area contributed by atoms with Crippen LogP contribution in [0, 0.1) is 11.8 Å². The molecule has 0 saturated carbocycles. The summed E-state index contributed by atoms with van der Waals surface area (Å²) in [4.78, 5) is 2.50. The van der Waals surface area contributed by atoms with Crippen molar-refractivity contribution in [2.24, 2.45) is 11.8 Å². The molecule has 0 aliphatic heterocycles. The summed E-state index contributed by atoms with van der Waals surface area (Å²) in [6.45, 7) is 15.4. The number of nitrogens with one attached hydrogen (secondary N) is 1. The molecule has 0 amide bonds. The van der Waals surface area contributed by atoms with Gasteiger partial charge in [0.1, 0.15) is 5.76 Å². The fourth-order valence-electron chi connectivity index (χ4n) is 2.37. The van der Waals surface area contributed by atoms with Gasteiger partial charge in [0.2, 0.25) is 0 Å². The monoisotopic (exact) mass is 266 g/mol. The number of likely N-dealkylation sites (N-methyl/N-ethyl adjacent to an activating group) is 1. The Labute approximate surface area is 118 Å². The first-order chi connectivity index (χ1) is 9.04. The molecule has 1 unspecified atom stereocenters. The van der Waals surface area contributed by atoms with E-state index in [1.165, 1.54) is 0 Å². The van der Waals surface area contributed by atoms with Gasteiger partial charge in [-0.15, -0.1) is 0 Å². The molecule has 1 N–H and O–H groups in total. The molecule has 0 saturated heterocycles. The molecule has 1 aromatic rings. The van der Waals surface area contributed by atoms with Crippen molar-refractivity contribution in [2.45, 2.75) is 47.2 Å². The van der Waals surface area contributed by atoms with E-state index in [1.54, 1.807) is 6.26 Å². The number of hydrogen-bond acceptors (Lipinski definition) is 3. The van der Waals surface area contributed by atoms with Crippen LogP contribution in [-0.2, 0) is 6.54 Å². The Morgan fingerprint density at radius 1 is 1.21 bits per heavy atom. The Kier molecular flexibility index (Phi) is 7.17. The van der Waals surface area contributed by atoms with Crippen LogP contribution in [-0.4, -0.2) is 30.6 Å². The second kappa shape index (κ2) is 8.39. The highest BCUT2D eigenvalue weighted by Gasteiger charge is 2.21. The Hall–Kier alpha value is -0.800. The highest BCUT2D eigenvalue weighted by Crippen LogP contribution is 2.14. The van der Waals surface area contributed by atoms with Crippen LogP contribution in [0.3, 0.4) is 0 Å². The summed E-state index contributed by atoms with van der Waals surface area (Å²) in [5.41, 5.74) is 0. The molecule has 110 valence electrons. The molecule has 1 aromatic heterocycles. The van der Waals surface area contributed by atoms with Gasteiger partial charge in [-0.3, -0.25) is 4.90 Å². The Morgan fingerprint density at radius 3 is 2.42 bits per heavy atom. The average Bonchev–Trinajstić information content (AvgIpc) is 2.84. The summed E-state index contributed by atoms with van der Waals surface area (Å²) >= 11 is 0. The van der Waals surface area contributed by atoms with Crippen molar-refractivity contribution in [3.63, 3.8) is 0 Å². The summed E-state index contributed by atoms with van der Waals surface area (Å²) in [7, 11) is 0. The molecule has 3 heteroatoms. The van der Waals surface area contributed by atoms with Crippen LogP contribution in [0.25, 0.3) is 0 Å². The van der Waals surface area contributed by atoms with Gasteiger partial charge in [0.25, 0.3) is 0 Å². The van der Waals surface area contributed by atoms with Crippen LogP contribution in [0.15, 0.2) is 22.8 Å². The molecule has 3 nitrogen and oxygen atoms in total. The van der Waals surface area contributed by atoms with E-state index < -0.39 is 0 Å². The number of hydrogen-bond donors (Lipinski definition) is 1. The van der Waals surface area contributed by atoms with Crippen molar-refractivity contribution in [1.82, 2.24) is 10.2 Å². The first kappa shape index (κ1) is 16.3. The maximum absolute atomic E-state index is 5.48. The summed E-state index contributed by atoms with van der Waals surface area (Å²) in [5.74, 6) is 2.39. The molecule has 0 aromatic carbocycles. The molecule has 0 spiro atoms. The zero-order chi connectivity index (χ0) is 14.3. The first-order valence-corrected chi connectivity index (χ1v) is 7.51. The smallest absolute Gasteiger partial charge is 0.117 e. The molecule has 0 aliphatic carbocycles. The maximum Gasteiger partial charge on any atom is 0.117 e. The minimum Gasteiger partial charge on any atom is -0.468 e. The lowest BCUT2D eigenvalue weighted by molar-refractivity contribution is 0.140. The molecule has 1 heterocycles. The third-order valence-corrected chi connectivity index (χ3v) is 3.49. The van der Waals surface area contributed by atoms with E-state index in [4.69, 9.17) is 4.42 Å². The standard InChI is InChI=1S/C16H30N2O/c1-6-18(12-15-8-7-9-19-15)16(14(4)5)11-17-10-13(2)3/h7-9,13-14,16-17H,6,10-12H2,1-5H3. The number of rotatable bonds is 9. The van der Waals surface area contributed by atoms with E-state index >= 15 is 0 Å². The van der Waals surface area contributed by atoms with Gasteiger partial charge in [-0.25, -0.2) is 0 Å². The van der Waals surface area contributed by atoms with E-state index in [0.717, 1.165) is 31.9 Å². The van der Waals surface area contributed by atoms with Gasteiger partial charge in [0, 0.05) is 12.6 Å². The molecule has 19 heavy (non-hydrogen) atoms. The largest absolute Gasteiger partial charge is 0.468 e. The highest BCUT2D eigenvalue weighted by molar-refractivity contribution is 4.98. The van der Waals surface area contributed by atoms with Crippen molar-refractivity contribution in [3.05, 3.63) is 24.2 Å². The van der Waals surface area contributed by atoms with Crippen molar-refractivity contribution < 1.29 is 4.42 Å². The van der Waals surface area contributed by atoms with Crippen LogP contribution in [0.4, 0.5) is 0 Å². The maximum atomic E-state index is 5.48. The Bertz CT molecular complexity index is 319. The van der Waals surface area contributed by atoms with E-state index in [0.29, 0.717) is 17.9 Å². The van der Waals surface area contributed by atoms with Crippen molar-refractivity contribution in [1.29, 1.82) is 0 Å². The van der Waals surface area contributed by atoms with Gasteiger partial charge in [-0.2, -0.15) is 0 Å². The normalized spacial score (nSPS) is 13.7. The quantitative estimate of drug-likeness (QED) is 0.743. The summed E-state index contributed by atoms with van der Waals surface area (Å²) in [5, 5.41) is 3.59. The topological polar surface area (TPSA) is 28.4 Å². The second-order valence-electron chi connectivity index (χ2n) is 6.01. The van der Waals surface area contributed by atoms with E-state index in [2.05, 4.69) is 50.9 Å². The number of nitrogens with zero attached hydrogens (tertiary/aromatic N) is 1. The van der Waals surface area contributed by atoms with Gasteiger partial charge in [0.15, 0.2) is 0 Å². The van der Waals surface area contributed by atoms with E-state index in [9.17, 15) is 0 Å². The van der Waals surface area contributed by atoms with Crippen molar-refractivity contribution >= 4 is 0 Å². The summed E-state index contributed by atoms with van der Waals surface area (Å²) in [6.07, 6.45) is 1.75. The van der Waals surface area contributed by atoms with Gasteiger partial charge >= 0.3 is 0 Å². The Balaban J connectivity index is 2.55. The lowest BCUT2D eigenvalue weighted by Gasteiger charge is -2.33. The molecular formula is C16H30N2O. The summed E-state index contributed by atoms with van der Waals surface area (Å²) in [6, 6.07) is 4.57. The third-order valence-electron chi connectivity index (χ3n) is 3.49. The van der Waals surface area contributed by atoms with E-state index in [-0.39, 0.29) is 0 Å². The molecule has 1 atom stereocenters. The molecular weight excluding hydrogens is 236 g/mol. The SMILES string of the molecule is CCN(Cc1ccco1)C(CNCC(C)C)C(C)C. The average molecular weight is 266 g/mol. The molecule has 0 aliphatic rings. The van der Waals surface area contributed by atoms with Crippen LogP contribution >= 0.6 is 0 Å². The zero-order valence-corrected chi connectivity index (χ0v) is 13.1. The van der Waals surface area contributed by atoms with Crippen LogP contribution < -0.4 is 5.32 Å². The van der Waals surface area contributed by atoms with Crippen molar-refractivity contribution in [3.8, 4) is 0 Å².